The molecule has 0 radical (unpaired) electrons. The molecule has 8 nitrogen and oxygen atoms in total. The molecule has 1 amide bonds. The standard InChI is InChI=1S/C22H27N3O5/c26-20-5-3-16-2-4-17-14-19(16)25(20)10-9-24-8-6-22(29-12-13-30-22)18(15-24)21(27)23-7-1-11-28-17/h2-5,14,18H,1,6-13,15H2,(H,23,27). The van der Waals surface area contributed by atoms with E-state index in [9.17, 15) is 9.59 Å². The molecule has 3 aliphatic heterocycles. The number of hydrogen-bond acceptors (Lipinski definition) is 6. The van der Waals surface area contributed by atoms with Crippen molar-refractivity contribution in [1.29, 1.82) is 0 Å². The summed E-state index contributed by atoms with van der Waals surface area (Å²) >= 11 is 0. The van der Waals surface area contributed by atoms with Crippen molar-refractivity contribution in [3.8, 4) is 5.75 Å². The number of aromatic nitrogens is 1. The molecule has 2 aromatic rings. The third-order valence-electron chi connectivity index (χ3n) is 6.33. The minimum absolute atomic E-state index is 0.0331. The van der Waals surface area contributed by atoms with Crippen LogP contribution in [0.3, 0.4) is 0 Å². The number of pyridine rings is 1. The SMILES string of the molecule is O=C1NCCCOc2ccc3ccc(=O)n(c3c2)CCN2CCC3(OCCO3)C1C2. The Balaban J connectivity index is 1.46. The zero-order valence-electron chi connectivity index (χ0n) is 17.0. The highest BCUT2D eigenvalue weighted by Crippen LogP contribution is 2.36. The molecule has 1 aromatic heterocycles. The van der Waals surface area contributed by atoms with Gasteiger partial charge in [-0.05, 0) is 30.0 Å². The lowest BCUT2D eigenvalue weighted by Gasteiger charge is -2.43. The van der Waals surface area contributed by atoms with E-state index in [0.717, 1.165) is 23.2 Å². The van der Waals surface area contributed by atoms with Crippen molar-refractivity contribution in [3.63, 3.8) is 0 Å². The molecule has 4 heterocycles. The minimum Gasteiger partial charge on any atom is -0.493 e. The van der Waals surface area contributed by atoms with E-state index in [0.29, 0.717) is 58.8 Å². The molecule has 0 saturated carbocycles. The Kier molecular flexibility index (Phi) is 5.22. The number of nitrogens with zero attached hydrogens (tertiary/aromatic N) is 2. The first-order valence-corrected chi connectivity index (χ1v) is 10.7. The summed E-state index contributed by atoms with van der Waals surface area (Å²) in [5, 5.41) is 4.04. The first-order chi connectivity index (χ1) is 14.6. The van der Waals surface area contributed by atoms with E-state index in [4.69, 9.17) is 14.2 Å². The maximum absolute atomic E-state index is 13.0. The van der Waals surface area contributed by atoms with Crippen LogP contribution in [0.25, 0.3) is 10.9 Å². The van der Waals surface area contributed by atoms with Crippen molar-refractivity contribution in [2.24, 2.45) is 5.92 Å². The largest absolute Gasteiger partial charge is 0.493 e. The van der Waals surface area contributed by atoms with Crippen LogP contribution in [0.4, 0.5) is 0 Å². The summed E-state index contributed by atoms with van der Waals surface area (Å²) in [6, 6.07) is 9.30. The van der Waals surface area contributed by atoms with Gasteiger partial charge in [0.25, 0.3) is 5.56 Å². The smallest absolute Gasteiger partial charge is 0.251 e. The monoisotopic (exact) mass is 413 g/mol. The van der Waals surface area contributed by atoms with Crippen molar-refractivity contribution in [2.45, 2.75) is 25.2 Å². The van der Waals surface area contributed by atoms with Crippen molar-refractivity contribution < 1.29 is 19.0 Å². The van der Waals surface area contributed by atoms with Gasteiger partial charge in [0.15, 0.2) is 5.79 Å². The molecule has 30 heavy (non-hydrogen) atoms. The fourth-order valence-corrected chi connectivity index (χ4v) is 4.71. The molecule has 2 unspecified atom stereocenters. The molecule has 1 N–H and O–H groups in total. The van der Waals surface area contributed by atoms with E-state index in [-0.39, 0.29) is 11.5 Å². The summed E-state index contributed by atoms with van der Waals surface area (Å²) in [7, 11) is 0. The number of fused-ring (bicyclic) bond motifs is 4. The Bertz CT molecular complexity index is 998. The number of amides is 1. The van der Waals surface area contributed by atoms with E-state index in [2.05, 4.69) is 10.2 Å². The number of rotatable bonds is 0. The molecule has 160 valence electrons. The van der Waals surface area contributed by atoms with Gasteiger partial charge in [0.2, 0.25) is 5.91 Å². The lowest BCUT2D eigenvalue weighted by Crippen LogP contribution is -2.58. The van der Waals surface area contributed by atoms with E-state index >= 15 is 0 Å². The number of benzene rings is 1. The normalized spacial score (nSPS) is 26.7. The Hall–Kier alpha value is -2.42. The van der Waals surface area contributed by atoms with Crippen LogP contribution in [-0.4, -0.2) is 67.2 Å². The molecular weight excluding hydrogens is 386 g/mol. The molecule has 3 aliphatic rings. The fraction of sp³-hybridized carbons (Fsp3) is 0.545. The Morgan fingerprint density at radius 1 is 1.00 bits per heavy atom. The van der Waals surface area contributed by atoms with Gasteiger partial charge in [0.05, 0.1) is 25.3 Å². The van der Waals surface area contributed by atoms with Crippen LogP contribution in [0.15, 0.2) is 35.1 Å². The number of carbonyl (C=O) groups excluding carboxylic acids is 1. The summed E-state index contributed by atoms with van der Waals surface area (Å²) < 4.78 is 19.5. The van der Waals surface area contributed by atoms with Crippen molar-refractivity contribution >= 4 is 16.8 Å². The summed E-state index contributed by atoms with van der Waals surface area (Å²) in [4.78, 5) is 27.8. The number of piperidine rings is 1. The molecule has 8 heteroatoms. The fourth-order valence-electron chi connectivity index (χ4n) is 4.71. The van der Waals surface area contributed by atoms with Gasteiger partial charge in [-0.1, -0.05) is 0 Å². The Labute approximate surface area is 174 Å². The molecule has 0 aliphatic carbocycles. The average molecular weight is 413 g/mol. The Morgan fingerprint density at radius 3 is 2.70 bits per heavy atom. The van der Waals surface area contributed by atoms with E-state index in [1.54, 1.807) is 10.6 Å². The predicted molar refractivity (Wildman–Crippen MR) is 111 cm³/mol. The van der Waals surface area contributed by atoms with Crippen LogP contribution in [-0.2, 0) is 20.8 Å². The predicted octanol–water partition coefficient (Wildman–Crippen LogP) is 0.965. The molecule has 4 bridgehead atoms. The highest BCUT2D eigenvalue weighted by molar-refractivity contribution is 5.81. The summed E-state index contributed by atoms with van der Waals surface area (Å²) in [5.41, 5.74) is 0.839. The van der Waals surface area contributed by atoms with Gasteiger partial charge in [0.1, 0.15) is 11.7 Å². The zero-order valence-corrected chi connectivity index (χ0v) is 17.0. The van der Waals surface area contributed by atoms with Crippen LogP contribution in [0.1, 0.15) is 12.8 Å². The number of carbonyl (C=O) groups is 1. The van der Waals surface area contributed by atoms with Crippen molar-refractivity contribution in [1.82, 2.24) is 14.8 Å². The van der Waals surface area contributed by atoms with Gasteiger partial charge in [-0.2, -0.15) is 0 Å². The van der Waals surface area contributed by atoms with Crippen LogP contribution in [0.2, 0.25) is 0 Å². The average Bonchev–Trinajstić information content (AvgIpc) is 3.22. The molecule has 1 spiro atoms. The molecular formula is C22H27N3O5. The summed E-state index contributed by atoms with van der Waals surface area (Å²) in [6.45, 7) is 4.58. The van der Waals surface area contributed by atoms with Crippen molar-refractivity contribution in [3.05, 3.63) is 40.7 Å². The van der Waals surface area contributed by atoms with Gasteiger partial charge in [-0.15, -0.1) is 0 Å². The molecule has 1 aromatic carbocycles. The third-order valence-corrected chi connectivity index (χ3v) is 6.33. The summed E-state index contributed by atoms with van der Waals surface area (Å²) in [6.07, 6.45) is 1.33. The van der Waals surface area contributed by atoms with E-state index < -0.39 is 11.7 Å². The van der Waals surface area contributed by atoms with Crippen LogP contribution in [0.5, 0.6) is 5.75 Å². The molecule has 2 saturated heterocycles. The second kappa shape index (κ2) is 8.02. The maximum atomic E-state index is 13.0. The molecule has 5 rings (SSSR count). The second-order valence-corrected chi connectivity index (χ2v) is 8.15. The topological polar surface area (TPSA) is 82.0 Å². The first-order valence-electron chi connectivity index (χ1n) is 10.7. The second-order valence-electron chi connectivity index (χ2n) is 8.15. The van der Waals surface area contributed by atoms with Gasteiger partial charge in [0, 0.05) is 51.3 Å². The number of nitrogens with one attached hydrogen (secondary N) is 1. The first kappa shape index (κ1) is 19.5. The maximum Gasteiger partial charge on any atom is 0.251 e. The lowest BCUT2D eigenvalue weighted by molar-refractivity contribution is -0.219. The number of ether oxygens (including phenoxy) is 3. The summed E-state index contributed by atoms with van der Waals surface area (Å²) in [5.74, 6) is -0.535. The van der Waals surface area contributed by atoms with Crippen LogP contribution in [0, 0.1) is 5.92 Å². The van der Waals surface area contributed by atoms with E-state index in [1.807, 2.05) is 24.3 Å². The highest BCUT2D eigenvalue weighted by atomic mass is 16.7. The van der Waals surface area contributed by atoms with Gasteiger partial charge in [-0.3, -0.25) is 9.59 Å². The third kappa shape index (κ3) is 3.59. The lowest BCUT2D eigenvalue weighted by atomic mass is 9.89. The van der Waals surface area contributed by atoms with E-state index in [1.165, 1.54) is 0 Å². The zero-order chi connectivity index (χ0) is 20.6. The molecule has 2 fully saturated rings. The van der Waals surface area contributed by atoms with Gasteiger partial charge >= 0.3 is 0 Å². The number of hydrogen-bond donors (Lipinski definition) is 1. The van der Waals surface area contributed by atoms with Gasteiger partial charge < -0.3 is 29.0 Å². The van der Waals surface area contributed by atoms with Crippen molar-refractivity contribution in [2.75, 3.05) is 46.0 Å². The van der Waals surface area contributed by atoms with Crippen LogP contribution < -0.4 is 15.6 Å². The highest BCUT2D eigenvalue weighted by Gasteiger charge is 2.51. The van der Waals surface area contributed by atoms with Gasteiger partial charge in [-0.25, -0.2) is 0 Å². The minimum atomic E-state index is -0.825. The van der Waals surface area contributed by atoms with Crippen LogP contribution >= 0.6 is 0 Å². The Morgan fingerprint density at radius 2 is 1.83 bits per heavy atom. The quantitative estimate of drug-likeness (QED) is 0.693. The molecule has 2 atom stereocenters.